The number of benzene rings is 9. The summed E-state index contributed by atoms with van der Waals surface area (Å²) in [6.45, 7) is 0. The Bertz CT molecular complexity index is 3270. The molecule has 0 aliphatic rings. The molecule has 1 aromatic heterocycles. The van der Waals surface area contributed by atoms with Crippen LogP contribution in [-0.2, 0) is 0 Å². The van der Waals surface area contributed by atoms with Gasteiger partial charge in [-0.15, -0.1) is 0 Å². The lowest BCUT2D eigenvalue weighted by Crippen LogP contribution is -2.10. The van der Waals surface area contributed by atoms with Crippen molar-refractivity contribution in [3.05, 3.63) is 200 Å². The average molecular weight is 671 g/mol. The predicted molar refractivity (Wildman–Crippen MR) is 220 cm³/mol. The smallest absolute Gasteiger partial charge is 0.137 e. The van der Waals surface area contributed by atoms with Crippen LogP contribution in [-0.4, -0.2) is 0 Å². The van der Waals surface area contributed by atoms with Crippen LogP contribution in [0.4, 0.5) is 17.1 Å². The van der Waals surface area contributed by atoms with Gasteiger partial charge >= 0.3 is 0 Å². The summed E-state index contributed by atoms with van der Waals surface area (Å²) >= 11 is 0. The minimum Gasteiger partial charge on any atom is -0.456 e. The van der Waals surface area contributed by atoms with Crippen LogP contribution in [0, 0.1) is 0 Å². The highest BCUT2D eigenvalue weighted by molar-refractivity contribution is 6.13. The minimum absolute atomic E-state index is 0.0574. The van der Waals surface area contributed by atoms with Crippen molar-refractivity contribution in [1.29, 1.82) is 0 Å². The van der Waals surface area contributed by atoms with Crippen molar-refractivity contribution < 1.29 is 14.0 Å². The Hall–Kier alpha value is -6.90. The van der Waals surface area contributed by atoms with E-state index in [1.165, 1.54) is 16.3 Å². The van der Waals surface area contributed by atoms with Crippen LogP contribution in [0.3, 0.4) is 0 Å². The van der Waals surface area contributed by atoms with E-state index in [4.69, 9.17) is 14.0 Å². The molecule has 9 aromatic carbocycles. The summed E-state index contributed by atoms with van der Waals surface area (Å²) in [5.41, 5.74) is 9.25. The van der Waals surface area contributed by atoms with E-state index in [2.05, 4.69) is 102 Å². The van der Waals surface area contributed by atoms with Crippen LogP contribution in [0.15, 0.2) is 204 Å². The Morgan fingerprint density at radius 3 is 1.77 bits per heavy atom. The maximum Gasteiger partial charge on any atom is 0.137 e. The number of anilines is 3. The van der Waals surface area contributed by atoms with Crippen LogP contribution in [0.1, 0.15) is 9.60 Å². The summed E-state index contributed by atoms with van der Waals surface area (Å²) in [5, 5.41) is 4.33. The molecule has 2 nitrogen and oxygen atoms in total. The summed E-state index contributed by atoms with van der Waals surface area (Å²) in [6.07, 6.45) is 0. The number of para-hydroxylation sites is 1. The van der Waals surface area contributed by atoms with Gasteiger partial charge in [-0.2, -0.15) is 0 Å². The lowest BCUT2D eigenvalue weighted by Gasteiger charge is -2.26. The van der Waals surface area contributed by atoms with E-state index in [1.807, 2.05) is 48.5 Å². The van der Waals surface area contributed by atoms with E-state index in [0.717, 1.165) is 55.7 Å². The number of rotatable bonds is 6. The first kappa shape index (κ1) is 23.5. The normalized spacial score (nSPS) is 13.3. The zero-order valence-corrected chi connectivity index (χ0v) is 27.9. The summed E-state index contributed by atoms with van der Waals surface area (Å²) in [6, 6.07) is 50.5. The standard InChI is InChI=1S/C50H33NO/c1-3-14-42-36(10-1)12-7-17-44(42)38-24-22-34(23-25-38)35-26-30-40(31-27-35)51(47-19-9-21-49-50(47)46-16-5-6-20-48(46)52-49)41-32-28-39(29-33-41)45-18-8-13-37-11-2-4-15-43(37)45/h1-33H/i2D,4D,8D,11D,13D,15D,18D. The van der Waals surface area contributed by atoms with Gasteiger partial charge in [0.2, 0.25) is 0 Å². The molecule has 0 spiro atoms. The van der Waals surface area contributed by atoms with Crippen LogP contribution in [0.2, 0.25) is 0 Å². The Morgan fingerprint density at radius 2 is 0.962 bits per heavy atom. The molecule has 0 radical (unpaired) electrons. The molecule has 0 aliphatic heterocycles. The fraction of sp³-hybridized carbons (Fsp3) is 0. The van der Waals surface area contributed by atoms with Gasteiger partial charge in [0.05, 0.1) is 20.7 Å². The number of furan rings is 1. The highest BCUT2D eigenvalue weighted by atomic mass is 16.3. The third-order valence-corrected chi connectivity index (χ3v) is 9.79. The predicted octanol–water partition coefficient (Wildman–Crippen LogP) is 14.4. The maximum atomic E-state index is 8.90. The molecule has 2 heteroatoms. The van der Waals surface area contributed by atoms with Crippen molar-refractivity contribution in [1.82, 2.24) is 0 Å². The minimum atomic E-state index is -0.477. The number of hydrogen-bond donors (Lipinski definition) is 0. The highest BCUT2D eigenvalue weighted by Crippen LogP contribution is 2.44. The van der Waals surface area contributed by atoms with Crippen LogP contribution in [0.5, 0.6) is 0 Å². The molecule has 0 fully saturated rings. The topological polar surface area (TPSA) is 16.4 Å². The summed E-state index contributed by atoms with van der Waals surface area (Å²) in [7, 11) is 0. The Kier molecular flexibility index (Phi) is 5.63. The second-order valence-electron chi connectivity index (χ2n) is 12.8. The van der Waals surface area contributed by atoms with E-state index in [-0.39, 0.29) is 28.4 Å². The van der Waals surface area contributed by atoms with Crippen molar-refractivity contribution in [2.24, 2.45) is 0 Å². The van der Waals surface area contributed by atoms with Gasteiger partial charge in [-0.1, -0.05) is 158 Å². The van der Waals surface area contributed by atoms with Crippen molar-refractivity contribution in [2.75, 3.05) is 4.90 Å². The third kappa shape index (κ3) is 5.12. The molecule has 0 N–H and O–H groups in total. The lowest BCUT2D eigenvalue weighted by molar-refractivity contribution is 0.669. The van der Waals surface area contributed by atoms with Gasteiger partial charge in [-0.3, -0.25) is 0 Å². The molecule has 10 rings (SSSR count). The zero-order valence-electron chi connectivity index (χ0n) is 34.9. The van der Waals surface area contributed by atoms with Gasteiger partial charge in [0.1, 0.15) is 11.2 Å². The van der Waals surface area contributed by atoms with Crippen LogP contribution in [0.25, 0.3) is 76.9 Å². The van der Waals surface area contributed by atoms with Gasteiger partial charge in [0.25, 0.3) is 0 Å². The summed E-state index contributed by atoms with van der Waals surface area (Å²) < 4.78 is 66.3. The molecule has 10 aromatic rings. The summed E-state index contributed by atoms with van der Waals surface area (Å²) in [5.74, 6) is 0. The molecule has 0 saturated heterocycles. The van der Waals surface area contributed by atoms with Gasteiger partial charge in [-0.05, 0) is 97.4 Å². The molecule has 0 bridgehead atoms. The van der Waals surface area contributed by atoms with E-state index >= 15 is 0 Å². The molecular weight excluding hydrogens is 631 g/mol. The molecular formula is C50H33NO. The van der Waals surface area contributed by atoms with Crippen molar-refractivity contribution >= 4 is 60.5 Å². The fourth-order valence-corrected chi connectivity index (χ4v) is 7.30. The number of fused-ring (bicyclic) bond motifs is 5. The zero-order chi connectivity index (χ0) is 40.5. The molecule has 0 atom stereocenters. The fourth-order valence-electron chi connectivity index (χ4n) is 7.30. The van der Waals surface area contributed by atoms with E-state index in [0.29, 0.717) is 5.56 Å². The van der Waals surface area contributed by atoms with Gasteiger partial charge < -0.3 is 9.32 Å². The molecule has 0 aliphatic carbocycles. The first-order valence-electron chi connectivity index (χ1n) is 20.7. The van der Waals surface area contributed by atoms with Gasteiger partial charge in [0.15, 0.2) is 0 Å². The second kappa shape index (κ2) is 12.5. The average Bonchev–Trinajstić information content (AvgIpc) is 3.67. The van der Waals surface area contributed by atoms with Gasteiger partial charge in [-0.25, -0.2) is 0 Å². The van der Waals surface area contributed by atoms with Crippen LogP contribution < -0.4 is 4.90 Å². The molecule has 52 heavy (non-hydrogen) atoms. The Morgan fingerprint density at radius 1 is 0.385 bits per heavy atom. The molecule has 244 valence electrons. The van der Waals surface area contributed by atoms with E-state index < -0.39 is 30.2 Å². The lowest BCUT2D eigenvalue weighted by atomic mass is 9.96. The highest BCUT2D eigenvalue weighted by Gasteiger charge is 2.19. The second-order valence-corrected chi connectivity index (χ2v) is 12.8. The quantitative estimate of drug-likeness (QED) is 0.175. The first-order chi connectivity index (χ1) is 28.7. The van der Waals surface area contributed by atoms with Crippen molar-refractivity contribution in [2.45, 2.75) is 0 Å². The monoisotopic (exact) mass is 670 g/mol. The molecule has 0 amide bonds. The Labute approximate surface area is 312 Å². The maximum absolute atomic E-state index is 8.90. The van der Waals surface area contributed by atoms with Crippen molar-refractivity contribution in [3.8, 4) is 33.4 Å². The van der Waals surface area contributed by atoms with Gasteiger partial charge in [0, 0.05) is 16.8 Å². The largest absolute Gasteiger partial charge is 0.456 e. The van der Waals surface area contributed by atoms with Crippen LogP contribution >= 0.6 is 0 Å². The molecule has 0 saturated carbocycles. The molecule has 0 unspecified atom stereocenters. The first-order valence-corrected chi connectivity index (χ1v) is 17.2. The SMILES string of the molecule is [2H]c1c([2H])c([2H])c2c(-c3ccc(N(c4ccc(-c5ccc(-c6cccc7ccccc67)cc5)cc4)c4cccc5oc6ccccc6c45)cc3)c([2H])c([2H])c([2H])c2c1[2H]. The Balaban J connectivity index is 1.09. The number of hydrogen-bond acceptors (Lipinski definition) is 2. The van der Waals surface area contributed by atoms with E-state index in [9.17, 15) is 0 Å². The van der Waals surface area contributed by atoms with E-state index in [1.54, 1.807) is 12.1 Å². The third-order valence-electron chi connectivity index (χ3n) is 9.79. The summed E-state index contributed by atoms with van der Waals surface area (Å²) in [4.78, 5) is 2.15. The molecule has 1 heterocycles. The number of nitrogens with zero attached hydrogens (tertiary/aromatic N) is 1. The van der Waals surface area contributed by atoms with Crippen molar-refractivity contribution in [3.63, 3.8) is 0 Å².